The van der Waals surface area contributed by atoms with Gasteiger partial charge in [-0.25, -0.2) is 57.1 Å². The number of likely N-dealkylation sites (tertiary alicyclic amines) is 3. The van der Waals surface area contributed by atoms with E-state index in [1.165, 1.54) is 68.6 Å². The number of ether oxygens (including phenoxy) is 1. The van der Waals surface area contributed by atoms with Gasteiger partial charge in [0, 0.05) is 75.2 Å². The third-order valence-electron chi connectivity index (χ3n) is 21.4. The number of halogens is 6. The maximum atomic E-state index is 14.4. The van der Waals surface area contributed by atoms with Crippen LogP contribution >= 0.6 is 0 Å². The van der Waals surface area contributed by atoms with Crippen molar-refractivity contribution in [1.29, 1.82) is 0 Å². The first kappa shape index (κ1) is 82.4. The minimum absolute atomic E-state index is 0.0227. The summed E-state index contributed by atoms with van der Waals surface area (Å²) in [5, 5.41) is 16.5. The average Bonchev–Trinajstić information content (AvgIpc) is 1.62. The largest absolute Gasteiger partial charge is 0.497 e. The van der Waals surface area contributed by atoms with E-state index in [1.54, 1.807) is 62.7 Å². The lowest BCUT2D eigenvalue weighted by molar-refractivity contribution is -0.140. The molecule has 6 aromatic heterocycles. The van der Waals surface area contributed by atoms with Crippen molar-refractivity contribution in [1.82, 2.24) is 73.9 Å². The Hall–Kier alpha value is -13.6. The van der Waals surface area contributed by atoms with Crippen LogP contribution in [0, 0.1) is 24.4 Å². The van der Waals surface area contributed by atoms with Gasteiger partial charge in [-0.05, 0) is 142 Å². The maximum absolute atomic E-state index is 14.4. The Kier molecular flexibility index (Phi) is 25.2. The number of ketones is 3. The molecule has 3 aliphatic heterocycles. The maximum Gasteiger partial charge on any atom is 0.419 e. The minimum atomic E-state index is -4.89. The number of Topliss-reactive ketones (excluding diaryl/α,β-unsaturated/α-hetero) is 3. The molecule has 0 saturated carbocycles. The Bertz CT molecular complexity index is 5810. The number of rotatable bonds is 22. The molecule has 6 aromatic carbocycles. The van der Waals surface area contributed by atoms with Crippen molar-refractivity contribution >= 4 is 85.6 Å². The standard InChI is InChI=1S/C29H26F4N6O2.C29H29FN6O3.C29H29FN6O2/c1-2-23(41)38-14-4-5-19(15-38)39-28-24(27(34)35-16-36-28)26(37-39)18-11-8-17(9-12-18)10-13-22(40)20-6-3-7-21(25(20)30)29(31,32)33;1-3-25(38)35-14-4-5-20(16-35)36-29-26(28(31)32-17-33-29)27(34-36)19-9-6-18(7-10-19)8-13-24(37)22-15-21(39-2)11-12-23(22)30;1-3-24(38)35-15-5-7-21(16-35)36-29-26(28(31)32-17-33-29)27(34-36)20-12-9-19(10-13-20)11-14-23(37)25-18(2)6-4-8-22(25)30/h2-3,6-9,11-12,16,19H,1,4-5,10,13-15H2,(H2,34,35,36);3,6-7,9-12,15,17,20H,1,4-5,8,13-14,16H2,2H3,(H2,31,32,33);3-4,6,8-10,12-13,17,21H,1,5,7,11,14-16H2,2H3,(H2,31,32,33)/t19-;20-;21-/m111/s1. The highest BCUT2D eigenvalue weighted by Crippen LogP contribution is 2.40. The molecule has 9 heterocycles. The van der Waals surface area contributed by atoms with Crippen LogP contribution < -0.4 is 21.9 Å². The number of carbonyl (C=O) groups is 6. The molecule has 0 aliphatic carbocycles. The monoisotopic (exact) mass is 1610 g/mol. The Balaban J connectivity index is 0.000000154. The number of nitrogens with two attached hydrogens (primary N) is 3. The molecular weight excluding hydrogens is 1520 g/mol. The molecule has 606 valence electrons. The van der Waals surface area contributed by atoms with Crippen LogP contribution in [0.4, 0.5) is 43.8 Å². The third-order valence-corrected chi connectivity index (χ3v) is 21.4. The van der Waals surface area contributed by atoms with Crippen LogP contribution in [0.25, 0.3) is 66.9 Å². The smallest absolute Gasteiger partial charge is 0.419 e. The van der Waals surface area contributed by atoms with Crippen molar-refractivity contribution in [3.63, 3.8) is 0 Å². The average molecular weight is 1610 g/mol. The number of methoxy groups -OCH3 is 1. The molecular formula is C87H84F6N18O7. The number of fused-ring (bicyclic) bond motifs is 3. The second kappa shape index (κ2) is 36.1. The first-order chi connectivity index (χ1) is 56.8. The Morgan fingerprint density at radius 2 is 0.847 bits per heavy atom. The zero-order chi connectivity index (χ0) is 83.6. The van der Waals surface area contributed by atoms with Gasteiger partial charge in [-0.1, -0.05) is 111 Å². The lowest BCUT2D eigenvalue weighted by Crippen LogP contribution is -2.40. The van der Waals surface area contributed by atoms with Crippen LogP contribution in [0.15, 0.2) is 184 Å². The number of aryl methyl sites for hydroxylation is 4. The number of alkyl halides is 3. The third kappa shape index (κ3) is 17.9. The van der Waals surface area contributed by atoms with Gasteiger partial charge >= 0.3 is 6.18 Å². The number of nitrogen functional groups attached to an aromatic ring is 3. The van der Waals surface area contributed by atoms with E-state index in [0.29, 0.717) is 137 Å². The van der Waals surface area contributed by atoms with Gasteiger partial charge in [0.05, 0.1) is 63.6 Å². The van der Waals surface area contributed by atoms with Crippen molar-refractivity contribution in [3.05, 3.63) is 246 Å². The molecule has 3 saturated heterocycles. The zero-order valence-corrected chi connectivity index (χ0v) is 64.7. The number of nitrogens with zero attached hydrogens (tertiary/aromatic N) is 15. The molecule has 3 aliphatic rings. The molecule has 25 nitrogen and oxygen atoms in total. The first-order valence-corrected chi connectivity index (χ1v) is 38.4. The van der Waals surface area contributed by atoms with Gasteiger partial charge in [0.15, 0.2) is 34.3 Å². The van der Waals surface area contributed by atoms with Crippen LogP contribution in [-0.4, -0.2) is 155 Å². The number of amides is 3. The molecule has 0 unspecified atom stereocenters. The van der Waals surface area contributed by atoms with E-state index >= 15 is 0 Å². The van der Waals surface area contributed by atoms with Crippen molar-refractivity contribution < 1.29 is 59.8 Å². The van der Waals surface area contributed by atoms with Gasteiger partial charge < -0.3 is 36.6 Å². The van der Waals surface area contributed by atoms with Crippen LogP contribution in [0.3, 0.4) is 0 Å². The molecule has 6 N–H and O–H groups in total. The molecule has 0 radical (unpaired) electrons. The Labute approximate surface area is 674 Å². The highest BCUT2D eigenvalue weighted by molar-refractivity contribution is 6.02. The number of aromatic nitrogens is 12. The lowest BCUT2D eigenvalue weighted by Gasteiger charge is -2.32. The summed E-state index contributed by atoms with van der Waals surface area (Å²) in [6.07, 6.45) is 9.59. The van der Waals surface area contributed by atoms with E-state index in [0.717, 1.165) is 78.5 Å². The highest BCUT2D eigenvalue weighted by Gasteiger charge is 2.37. The minimum Gasteiger partial charge on any atom is -0.497 e. The van der Waals surface area contributed by atoms with E-state index in [9.17, 15) is 55.1 Å². The number of piperidine rings is 3. The van der Waals surface area contributed by atoms with Gasteiger partial charge in [0.2, 0.25) is 17.7 Å². The topological polar surface area (TPSA) is 330 Å². The number of benzene rings is 6. The predicted molar refractivity (Wildman–Crippen MR) is 434 cm³/mol. The number of carbonyl (C=O) groups excluding carboxylic acids is 6. The number of anilines is 3. The van der Waals surface area contributed by atoms with E-state index in [4.69, 9.17) is 37.2 Å². The van der Waals surface area contributed by atoms with E-state index < -0.39 is 40.5 Å². The summed E-state index contributed by atoms with van der Waals surface area (Å²) >= 11 is 0. The van der Waals surface area contributed by atoms with E-state index in [1.807, 2.05) is 57.9 Å². The molecule has 0 bridgehead atoms. The van der Waals surface area contributed by atoms with Gasteiger partial charge in [-0.2, -0.15) is 28.5 Å². The quantitative estimate of drug-likeness (QED) is 0.0322. The van der Waals surface area contributed by atoms with Crippen LogP contribution in [-0.2, 0) is 39.8 Å². The van der Waals surface area contributed by atoms with E-state index in [-0.39, 0.29) is 90.0 Å². The molecule has 118 heavy (non-hydrogen) atoms. The summed E-state index contributed by atoms with van der Waals surface area (Å²) in [5.41, 5.74) is 26.2. The summed E-state index contributed by atoms with van der Waals surface area (Å²) < 4.78 is 92.4. The molecule has 15 rings (SSSR count). The summed E-state index contributed by atoms with van der Waals surface area (Å²) in [5.74, 6) is -2.82. The fourth-order valence-electron chi connectivity index (χ4n) is 15.3. The first-order valence-electron chi connectivity index (χ1n) is 38.4. The summed E-state index contributed by atoms with van der Waals surface area (Å²) in [7, 11) is 1.47. The lowest BCUT2D eigenvalue weighted by atomic mass is 9.98. The molecule has 31 heteroatoms. The number of hydrogen-bond donors (Lipinski definition) is 3. The summed E-state index contributed by atoms with van der Waals surface area (Å²) in [6.45, 7) is 16.0. The van der Waals surface area contributed by atoms with Gasteiger partial charge in [0.1, 0.15) is 76.7 Å². The fraction of sp³-hybridized carbons (Fsp3) is 0.276. The van der Waals surface area contributed by atoms with E-state index in [2.05, 4.69) is 49.6 Å². The zero-order valence-electron chi connectivity index (χ0n) is 64.7. The summed E-state index contributed by atoms with van der Waals surface area (Å²) in [4.78, 5) is 106. The second-order valence-electron chi connectivity index (χ2n) is 28.9. The molecule has 3 atom stereocenters. The fourth-order valence-corrected chi connectivity index (χ4v) is 15.3. The van der Waals surface area contributed by atoms with Crippen molar-refractivity contribution in [2.75, 3.05) is 63.6 Å². The van der Waals surface area contributed by atoms with Crippen molar-refractivity contribution in [2.24, 2.45) is 0 Å². The Morgan fingerprint density at radius 3 is 1.21 bits per heavy atom. The predicted octanol–water partition coefficient (Wildman–Crippen LogP) is 14.5. The Morgan fingerprint density at radius 1 is 0.475 bits per heavy atom. The van der Waals surface area contributed by atoms with Crippen molar-refractivity contribution in [2.45, 2.75) is 108 Å². The van der Waals surface area contributed by atoms with Gasteiger partial charge in [0.25, 0.3) is 0 Å². The van der Waals surface area contributed by atoms with Crippen LogP contribution in [0.5, 0.6) is 5.75 Å². The van der Waals surface area contributed by atoms with Gasteiger partial charge in [-0.3, -0.25) is 28.8 Å². The van der Waals surface area contributed by atoms with Gasteiger partial charge in [-0.15, -0.1) is 0 Å². The normalized spacial score (nSPS) is 15.5. The molecule has 3 amide bonds. The van der Waals surface area contributed by atoms with Crippen molar-refractivity contribution in [3.8, 4) is 39.5 Å². The van der Waals surface area contributed by atoms with Crippen LogP contribution in [0.2, 0.25) is 0 Å². The molecule has 0 spiro atoms. The highest BCUT2D eigenvalue weighted by atomic mass is 19.4. The number of hydrogen-bond acceptors (Lipinski definition) is 19. The summed E-state index contributed by atoms with van der Waals surface area (Å²) in [6, 6.07) is 33.8. The molecule has 12 aromatic rings. The molecule has 3 fully saturated rings. The second-order valence-corrected chi connectivity index (χ2v) is 28.9. The van der Waals surface area contributed by atoms with Crippen LogP contribution in [0.1, 0.15) is 135 Å². The SMILES string of the molecule is C=CC(=O)N1CCC[C@@H](n2nc(-c3ccc(CCC(=O)c4c(C)cccc4F)cc3)c3c(N)ncnc32)C1.C=CC(=O)N1CCC[C@@H](n2nc(-c3ccc(CCC(=O)c4cc(OC)ccc4F)cc3)c3c(N)ncnc32)C1.C=CC(=O)N1CCC[C@@H](n2nc(-c3ccc(CCC(=O)c4cccc(C(F)(F)F)c4F)cc3)c3c(N)ncnc32)C1.